The Hall–Kier alpha value is -3.35. The zero-order valence-corrected chi connectivity index (χ0v) is 17.6. The topological polar surface area (TPSA) is 146 Å². The molecule has 0 radical (unpaired) electrons. The number of primary sulfonamides is 1. The first kappa shape index (κ1) is 20.9. The maximum Gasteiger partial charge on any atom is 0.238 e. The number of sulfonamides is 1. The minimum atomic E-state index is -3.79. The number of amides is 1. The highest BCUT2D eigenvalue weighted by atomic mass is 32.2. The highest BCUT2D eigenvalue weighted by Crippen LogP contribution is 2.26. The lowest BCUT2D eigenvalue weighted by Crippen LogP contribution is -2.15. The van der Waals surface area contributed by atoms with Crippen LogP contribution in [0.4, 0.5) is 5.69 Å². The molecule has 4 rings (SSSR count). The smallest absolute Gasteiger partial charge is 0.238 e. The molecule has 160 valence electrons. The van der Waals surface area contributed by atoms with Gasteiger partial charge in [0, 0.05) is 5.69 Å². The van der Waals surface area contributed by atoms with E-state index in [9.17, 15) is 13.2 Å². The van der Waals surface area contributed by atoms with Gasteiger partial charge in [0.25, 0.3) is 0 Å². The SMILES string of the molecule is NS(=O)(=O)c1ccc(NC(=O)CSc2nnc(-c3ccco3)n2Cc2ccco2)cc1. The highest BCUT2D eigenvalue weighted by Gasteiger charge is 2.18. The van der Waals surface area contributed by atoms with Crippen molar-refractivity contribution in [2.75, 3.05) is 11.1 Å². The summed E-state index contributed by atoms with van der Waals surface area (Å²) in [4.78, 5) is 12.3. The fourth-order valence-corrected chi connectivity index (χ4v) is 3.99. The Morgan fingerprint density at radius 2 is 1.81 bits per heavy atom. The molecular weight excluding hydrogens is 442 g/mol. The molecule has 0 fully saturated rings. The minimum Gasteiger partial charge on any atom is -0.467 e. The van der Waals surface area contributed by atoms with Gasteiger partial charge in [-0.3, -0.25) is 9.36 Å². The molecule has 3 heterocycles. The summed E-state index contributed by atoms with van der Waals surface area (Å²) < 4.78 is 35.3. The Morgan fingerprint density at radius 1 is 1.06 bits per heavy atom. The van der Waals surface area contributed by atoms with E-state index in [2.05, 4.69) is 15.5 Å². The third kappa shape index (κ3) is 5.05. The van der Waals surface area contributed by atoms with E-state index in [1.54, 1.807) is 35.3 Å². The summed E-state index contributed by atoms with van der Waals surface area (Å²) in [5, 5.41) is 16.7. The van der Waals surface area contributed by atoms with Crippen LogP contribution in [0.5, 0.6) is 0 Å². The van der Waals surface area contributed by atoms with Crippen LogP contribution in [0.1, 0.15) is 5.76 Å². The Morgan fingerprint density at radius 3 is 2.45 bits per heavy atom. The van der Waals surface area contributed by atoms with Crippen molar-refractivity contribution in [2.45, 2.75) is 16.6 Å². The van der Waals surface area contributed by atoms with E-state index in [0.29, 0.717) is 34.7 Å². The van der Waals surface area contributed by atoms with Crippen molar-refractivity contribution in [3.05, 3.63) is 66.8 Å². The molecule has 10 nitrogen and oxygen atoms in total. The maximum atomic E-state index is 12.4. The van der Waals surface area contributed by atoms with Crippen LogP contribution < -0.4 is 10.5 Å². The van der Waals surface area contributed by atoms with E-state index in [1.165, 1.54) is 36.0 Å². The second-order valence-electron chi connectivity index (χ2n) is 6.36. The molecule has 3 aromatic heterocycles. The van der Waals surface area contributed by atoms with Gasteiger partial charge in [0.15, 0.2) is 10.9 Å². The van der Waals surface area contributed by atoms with Gasteiger partial charge >= 0.3 is 0 Å². The van der Waals surface area contributed by atoms with E-state index in [1.807, 2.05) is 6.07 Å². The predicted octanol–water partition coefficient (Wildman–Crippen LogP) is 2.56. The molecule has 3 N–H and O–H groups in total. The Labute approximate surface area is 181 Å². The zero-order chi connectivity index (χ0) is 21.8. The van der Waals surface area contributed by atoms with Crippen LogP contribution in [0.3, 0.4) is 0 Å². The largest absolute Gasteiger partial charge is 0.467 e. The molecule has 0 atom stereocenters. The summed E-state index contributed by atoms with van der Waals surface area (Å²) in [5.41, 5.74) is 0.450. The molecule has 1 amide bonds. The third-order valence-corrected chi connectivity index (χ3v) is 6.05. The molecule has 0 saturated carbocycles. The van der Waals surface area contributed by atoms with Crippen LogP contribution >= 0.6 is 11.8 Å². The van der Waals surface area contributed by atoms with Crippen molar-refractivity contribution < 1.29 is 22.0 Å². The second kappa shape index (κ2) is 8.79. The number of benzene rings is 1. The van der Waals surface area contributed by atoms with E-state index in [4.69, 9.17) is 14.0 Å². The number of rotatable bonds is 8. The number of anilines is 1. The first-order chi connectivity index (χ1) is 14.9. The lowest BCUT2D eigenvalue weighted by Gasteiger charge is -2.08. The molecule has 0 unspecified atom stereocenters. The summed E-state index contributed by atoms with van der Waals surface area (Å²) >= 11 is 1.20. The number of nitrogens with one attached hydrogen (secondary N) is 1. The normalized spacial score (nSPS) is 11.5. The minimum absolute atomic E-state index is 0.0312. The van der Waals surface area contributed by atoms with Crippen molar-refractivity contribution in [2.24, 2.45) is 5.14 Å². The number of hydrogen-bond donors (Lipinski definition) is 2. The van der Waals surface area contributed by atoms with Gasteiger partial charge < -0.3 is 14.2 Å². The molecule has 0 aliphatic rings. The summed E-state index contributed by atoms with van der Waals surface area (Å²) in [6.07, 6.45) is 3.12. The molecule has 0 spiro atoms. The zero-order valence-electron chi connectivity index (χ0n) is 16.0. The Bertz CT molecular complexity index is 1260. The van der Waals surface area contributed by atoms with Gasteiger partial charge in [-0.05, 0) is 48.5 Å². The Kier molecular flexibility index (Phi) is 5.93. The Balaban J connectivity index is 1.46. The first-order valence-corrected chi connectivity index (χ1v) is 11.5. The summed E-state index contributed by atoms with van der Waals surface area (Å²) in [7, 11) is -3.79. The van der Waals surface area contributed by atoms with Gasteiger partial charge in [0.1, 0.15) is 5.76 Å². The number of hydrogen-bond acceptors (Lipinski definition) is 8. The number of nitrogens with zero attached hydrogens (tertiary/aromatic N) is 3. The van der Waals surface area contributed by atoms with Crippen molar-refractivity contribution in [1.29, 1.82) is 0 Å². The standard InChI is InChI=1S/C19H17N5O5S2/c20-31(26,27)15-7-5-13(6-8-15)21-17(25)12-30-19-23-22-18(16-4-2-10-29-16)24(19)11-14-3-1-9-28-14/h1-10H,11-12H2,(H,21,25)(H2,20,26,27). The van der Waals surface area contributed by atoms with Gasteiger partial charge in [0.2, 0.25) is 21.8 Å². The van der Waals surface area contributed by atoms with Crippen molar-refractivity contribution in [1.82, 2.24) is 14.8 Å². The highest BCUT2D eigenvalue weighted by molar-refractivity contribution is 7.99. The molecule has 1 aromatic carbocycles. The van der Waals surface area contributed by atoms with Crippen molar-refractivity contribution in [3.8, 4) is 11.6 Å². The number of nitrogens with two attached hydrogens (primary N) is 1. The number of carbonyl (C=O) groups excluding carboxylic acids is 1. The molecule has 0 aliphatic heterocycles. The van der Waals surface area contributed by atoms with E-state index in [-0.39, 0.29) is 16.6 Å². The van der Waals surface area contributed by atoms with Crippen LogP contribution in [0.15, 0.2) is 79.9 Å². The van der Waals surface area contributed by atoms with Gasteiger partial charge in [-0.1, -0.05) is 11.8 Å². The van der Waals surface area contributed by atoms with Gasteiger partial charge in [0.05, 0.1) is 29.7 Å². The van der Waals surface area contributed by atoms with Crippen LogP contribution in [0.25, 0.3) is 11.6 Å². The number of furan rings is 2. The monoisotopic (exact) mass is 459 g/mol. The van der Waals surface area contributed by atoms with Crippen LogP contribution in [-0.2, 0) is 21.4 Å². The quantitative estimate of drug-likeness (QED) is 0.382. The molecular formula is C19H17N5O5S2. The fraction of sp³-hybridized carbons (Fsp3) is 0.105. The second-order valence-corrected chi connectivity index (χ2v) is 8.86. The lowest BCUT2D eigenvalue weighted by molar-refractivity contribution is -0.113. The van der Waals surface area contributed by atoms with Gasteiger partial charge in [-0.15, -0.1) is 10.2 Å². The van der Waals surface area contributed by atoms with Gasteiger partial charge in [-0.2, -0.15) is 0 Å². The van der Waals surface area contributed by atoms with Crippen molar-refractivity contribution >= 4 is 33.4 Å². The fourth-order valence-electron chi connectivity index (χ4n) is 2.74. The molecule has 0 aliphatic carbocycles. The average molecular weight is 460 g/mol. The summed E-state index contributed by atoms with van der Waals surface area (Å²) in [6, 6.07) is 12.7. The number of carbonyl (C=O) groups is 1. The number of aromatic nitrogens is 3. The van der Waals surface area contributed by atoms with Gasteiger partial charge in [-0.25, -0.2) is 13.6 Å². The third-order valence-electron chi connectivity index (χ3n) is 4.15. The molecule has 0 bridgehead atoms. The first-order valence-electron chi connectivity index (χ1n) is 8.95. The molecule has 4 aromatic rings. The summed E-state index contributed by atoms with van der Waals surface area (Å²) in [6.45, 7) is 0.370. The lowest BCUT2D eigenvalue weighted by atomic mass is 10.3. The van der Waals surface area contributed by atoms with Crippen LogP contribution in [0.2, 0.25) is 0 Å². The molecule has 12 heteroatoms. The maximum absolute atomic E-state index is 12.4. The summed E-state index contributed by atoms with van der Waals surface area (Å²) in [5.74, 6) is 1.54. The van der Waals surface area contributed by atoms with E-state index < -0.39 is 10.0 Å². The molecule has 0 saturated heterocycles. The number of thioether (sulfide) groups is 1. The van der Waals surface area contributed by atoms with E-state index >= 15 is 0 Å². The van der Waals surface area contributed by atoms with Crippen LogP contribution in [-0.4, -0.2) is 34.8 Å². The molecule has 31 heavy (non-hydrogen) atoms. The predicted molar refractivity (Wildman–Crippen MR) is 113 cm³/mol. The average Bonchev–Trinajstić information content (AvgIpc) is 3.49. The van der Waals surface area contributed by atoms with Crippen molar-refractivity contribution in [3.63, 3.8) is 0 Å². The van der Waals surface area contributed by atoms with E-state index in [0.717, 1.165) is 0 Å². The van der Waals surface area contributed by atoms with Crippen LogP contribution in [0, 0.1) is 0 Å².